The van der Waals surface area contributed by atoms with Gasteiger partial charge < -0.3 is 5.11 Å². The Hall–Kier alpha value is -0.140. The summed E-state index contributed by atoms with van der Waals surface area (Å²) in [6, 6.07) is 5.16. The Morgan fingerprint density at radius 2 is 2.21 bits per heavy atom. The topological polar surface area (TPSA) is 37.3 Å². The summed E-state index contributed by atoms with van der Waals surface area (Å²) in [6.07, 6.45) is 0. The van der Waals surface area contributed by atoms with Crippen molar-refractivity contribution in [3.63, 3.8) is 0 Å². The summed E-state index contributed by atoms with van der Waals surface area (Å²) < 4.78 is 3.19. The SMILES string of the molecule is O=C(O)c1ccc2c(Br)c(I)sc2c1. The lowest BCUT2D eigenvalue weighted by Gasteiger charge is -1.94. The van der Waals surface area contributed by atoms with Crippen molar-refractivity contribution in [3.05, 3.63) is 31.1 Å². The molecule has 0 aliphatic carbocycles. The van der Waals surface area contributed by atoms with Crippen molar-refractivity contribution in [1.29, 1.82) is 0 Å². The molecule has 1 N–H and O–H groups in total. The lowest BCUT2D eigenvalue weighted by molar-refractivity contribution is 0.0697. The van der Waals surface area contributed by atoms with Gasteiger partial charge in [-0.05, 0) is 50.7 Å². The van der Waals surface area contributed by atoms with Crippen molar-refractivity contribution in [2.45, 2.75) is 0 Å². The van der Waals surface area contributed by atoms with Crippen LogP contribution in [0.4, 0.5) is 0 Å². The fourth-order valence-corrected chi connectivity index (χ4v) is 3.75. The van der Waals surface area contributed by atoms with E-state index < -0.39 is 5.97 Å². The highest BCUT2D eigenvalue weighted by Gasteiger charge is 2.10. The van der Waals surface area contributed by atoms with Crippen molar-refractivity contribution < 1.29 is 9.90 Å². The van der Waals surface area contributed by atoms with Gasteiger partial charge in [-0.15, -0.1) is 11.3 Å². The molecule has 0 amide bonds. The van der Waals surface area contributed by atoms with Crippen LogP contribution in [-0.4, -0.2) is 11.1 Å². The molecule has 72 valence electrons. The van der Waals surface area contributed by atoms with Gasteiger partial charge in [-0.3, -0.25) is 0 Å². The molecule has 0 aliphatic heterocycles. The fraction of sp³-hybridized carbons (Fsp3) is 0. The van der Waals surface area contributed by atoms with Crippen molar-refractivity contribution in [3.8, 4) is 0 Å². The summed E-state index contributed by atoms with van der Waals surface area (Å²) in [6.45, 7) is 0. The van der Waals surface area contributed by atoms with Crippen LogP contribution < -0.4 is 0 Å². The number of carboxylic acids is 1. The smallest absolute Gasteiger partial charge is 0.335 e. The molecule has 1 aromatic carbocycles. The minimum absolute atomic E-state index is 0.336. The molecule has 0 saturated heterocycles. The standard InChI is InChI=1S/C9H4BrIO2S/c10-7-5-2-1-4(9(12)13)3-6(5)14-8(7)11/h1-3H,(H,12,13). The van der Waals surface area contributed by atoms with Gasteiger partial charge in [-0.1, -0.05) is 6.07 Å². The first kappa shape index (κ1) is 10.4. The minimum Gasteiger partial charge on any atom is -0.478 e. The van der Waals surface area contributed by atoms with E-state index in [0.29, 0.717) is 5.56 Å². The molecule has 2 rings (SSSR count). The van der Waals surface area contributed by atoms with Crippen LogP contribution in [0.15, 0.2) is 22.7 Å². The van der Waals surface area contributed by atoms with Gasteiger partial charge in [-0.25, -0.2) is 4.79 Å². The van der Waals surface area contributed by atoms with Gasteiger partial charge in [0.15, 0.2) is 0 Å². The first-order chi connectivity index (χ1) is 6.59. The lowest BCUT2D eigenvalue weighted by Crippen LogP contribution is -1.94. The summed E-state index contributed by atoms with van der Waals surface area (Å²) in [5, 5.41) is 9.88. The summed E-state index contributed by atoms with van der Waals surface area (Å²) >= 11 is 7.29. The lowest BCUT2D eigenvalue weighted by atomic mass is 10.2. The number of thiophene rings is 1. The third-order valence-corrected chi connectivity index (χ3v) is 5.81. The number of aromatic carboxylic acids is 1. The van der Waals surface area contributed by atoms with Crippen LogP contribution in [0.2, 0.25) is 0 Å². The maximum Gasteiger partial charge on any atom is 0.335 e. The number of rotatable bonds is 1. The molecule has 0 radical (unpaired) electrons. The molecule has 0 aliphatic rings. The molecule has 0 spiro atoms. The first-order valence-corrected chi connectivity index (χ1v) is 6.39. The van der Waals surface area contributed by atoms with E-state index >= 15 is 0 Å². The first-order valence-electron chi connectivity index (χ1n) is 3.70. The molecule has 14 heavy (non-hydrogen) atoms. The van der Waals surface area contributed by atoms with Crippen molar-refractivity contribution in [1.82, 2.24) is 0 Å². The van der Waals surface area contributed by atoms with Gasteiger partial charge in [0.2, 0.25) is 0 Å². The van der Waals surface area contributed by atoms with Crippen LogP contribution in [-0.2, 0) is 0 Å². The molecule has 0 fully saturated rings. The van der Waals surface area contributed by atoms with E-state index in [2.05, 4.69) is 38.5 Å². The number of fused-ring (bicyclic) bond motifs is 1. The highest BCUT2D eigenvalue weighted by molar-refractivity contribution is 14.1. The Balaban J connectivity index is 2.73. The maximum absolute atomic E-state index is 10.7. The average Bonchev–Trinajstić information content (AvgIpc) is 2.42. The fourth-order valence-electron chi connectivity index (χ4n) is 1.17. The Kier molecular flexibility index (Phi) is 2.81. The average molecular weight is 383 g/mol. The number of hydrogen-bond donors (Lipinski definition) is 1. The van der Waals surface area contributed by atoms with E-state index in [0.717, 1.165) is 17.4 Å². The number of halogens is 2. The monoisotopic (exact) mass is 382 g/mol. The maximum atomic E-state index is 10.7. The van der Waals surface area contributed by atoms with E-state index in [1.165, 1.54) is 0 Å². The molecule has 2 aromatic rings. The number of carboxylic acid groups (broad SMARTS) is 1. The number of hydrogen-bond acceptors (Lipinski definition) is 2. The van der Waals surface area contributed by atoms with E-state index in [1.807, 2.05) is 6.07 Å². The van der Waals surface area contributed by atoms with Gasteiger partial charge in [0.1, 0.15) is 0 Å². The van der Waals surface area contributed by atoms with Gasteiger partial charge in [0, 0.05) is 14.6 Å². The van der Waals surface area contributed by atoms with E-state index in [-0.39, 0.29) is 0 Å². The van der Waals surface area contributed by atoms with E-state index in [4.69, 9.17) is 5.11 Å². The zero-order chi connectivity index (χ0) is 10.3. The van der Waals surface area contributed by atoms with Gasteiger partial charge in [-0.2, -0.15) is 0 Å². The summed E-state index contributed by atoms with van der Waals surface area (Å²) in [4.78, 5) is 10.7. The van der Waals surface area contributed by atoms with Crippen molar-refractivity contribution in [2.24, 2.45) is 0 Å². The number of carbonyl (C=O) groups is 1. The Morgan fingerprint density at radius 3 is 2.86 bits per heavy atom. The van der Waals surface area contributed by atoms with Crippen LogP contribution in [0.25, 0.3) is 10.1 Å². The largest absolute Gasteiger partial charge is 0.478 e. The van der Waals surface area contributed by atoms with Crippen molar-refractivity contribution >= 4 is 65.9 Å². The third kappa shape index (κ3) is 1.68. The van der Waals surface area contributed by atoms with Crippen LogP contribution in [0.3, 0.4) is 0 Å². The summed E-state index contributed by atoms with van der Waals surface area (Å²) in [5.41, 5.74) is 0.336. The van der Waals surface area contributed by atoms with Crippen LogP contribution in [0.5, 0.6) is 0 Å². The molecule has 0 unspecified atom stereocenters. The molecule has 1 aromatic heterocycles. The molecule has 1 heterocycles. The van der Waals surface area contributed by atoms with Crippen LogP contribution in [0, 0.1) is 2.88 Å². The Bertz CT molecular complexity index is 521. The normalized spacial score (nSPS) is 10.7. The highest BCUT2D eigenvalue weighted by Crippen LogP contribution is 2.36. The number of benzene rings is 1. The molecular formula is C9H4BrIO2S. The second kappa shape index (κ2) is 3.79. The van der Waals surface area contributed by atoms with Crippen LogP contribution in [0.1, 0.15) is 10.4 Å². The molecular weight excluding hydrogens is 379 g/mol. The minimum atomic E-state index is -0.883. The molecule has 2 nitrogen and oxygen atoms in total. The molecule has 5 heteroatoms. The predicted molar refractivity (Wildman–Crippen MR) is 69.2 cm³/mol. The molecule has 0 bridgehead atoms. The van der Waals surface area contributed by atoms with E-state index in [1.54, 1.807) is 23.5 Å². The second-order valence-corrected chi connectivity index (χ2v) is 6.36. The predicted octanol–water partition coefficient (Wildman–Crippen LogP) is 3.97. The zero-order valence-electron chi connectivity index (χ0n) is 6.75. The van der Waals surface area contributed by atoms with Gasteiger partial charge >= 0.3 is 5.97 Å². The van der Waals surface area contributed by atoms with Crippen LogP contribution >= 0.6 is 49.9 Å². The van der Waals surface area contributed by atoms with Gasteiger partial charge in [0.25, 0.3) is 0 Å². The molecule has 0 atom stereocenters. The second-order valence-electron chi connectivity index (χ2n) is 2.71. The Morgan fingerprint density at radius 1 is 1.50 bits per heavy atom. The summed E-state index contributed by atoms with van der Waals surface area (Å²) in [5.74, 6) is -0.883. The van der Waals surface area contributed by atoms with Crippen molar-refractivity contribution in [2.75, 3.05) is 0 Å². The molecule has 0 saturated carbocycles. The highest BCUT2D eigenvalue weighted by atomic mass is 127. The zero-order valence-corrected chi connectivity index (χ0v) is 11.3. The van der Waals surface area contributed by atoms with Gasteiger partial charge in [0.05, 0.1) is 8.45 Å². The van der Waals surface area contributed by atoms with E-state index in [9.17, 15) is 4.79 Å². The Labute approximate surface area is 106 Å². The quantitative estimate of drug-likeness (QED) is 0.758. The summed E-state index contributed by atoms with van der Waals surface area (Å²) in [7, 11) is 0. The third-order valence-electron chi connectivity index (χ3n) is 1.84.